The zero-order chi connectivity index (χ0) is 24.1. The van der Waals surface area contributed by atoms with Gasteiger partial charge in [-0.15, -0.1) is 0 Å². The molecular formula is C32H35NO2. The predicted molar refractivity (Wildman–Crippen MR) is 143 cm³/mol. The van der Waals surface area contributed by atoms with Crippen LogP contribution in [0.15, 0.2) is 103 Å². The lowest BCUT2D eigenvalue weighted by Gasteiger charge is -2.43. The van der Waals surface area contributed by atoms with E-state index in [0.29, 0.717) is 25.5 Å². The fourth-order valence-corrected chi connectivity index (χ4v) is 5.37. The van der Waals surface area contributed by atoms with E-state index < -0.39 is 5.60 Å². The average molecular weight is 466 g/mol. The molecule has 3 aromatic carbocycles. The summed E-state index contributed by atoms with van der Waals surface area (Å²) < 4.78 is 6.32. The Labute approximate surface area is 209 Å². The Morgan fingerprint density at radius 2 is 1.66 bits per heavy atom. The highest BCUT2D eigenvalue weighted by atomic mass is 16.5. The number of benzene rings is 3. The summed E-state index contributed by atoms with van der Waals surface area (Å²) in [5.74, 6) is 0.518. The minimum Gasteiger partial charge on any atom is -0.382 e. The quantitative estimate of drug-likeness (QED) is 0.465. The highest BCUT2D eigenvalue weighted by Crippen LogP contribution is 2.36. The van der Waals surface area contributed by atoms with Crippen molar-refractivity contribution in [3.05, 3.63) is 125 Å². The van der Waals surface area contributed by atoms with Gasteiger partial charge in [-0.3, -0.25) is 4.90 Å². The van der Waals surface area contributed by atoms with E-state index in [-0.39, 0.29) is 6.10 Å². The topological polar surface area (TPSA) is 32.7 Å². The van der Waals surface area contributed by atoms with E-state index in [4.69, 9.17) is 4.74 Å². The monoisotopic (exact) mass is 465 g/mol. The van der Waals surface area contributed by atoms with Crippen molar-refractivity contribution in [1.29, 1.82) is 0 Å². The Morgan fingerprint density at radius 1 is 0.943 bits per heavy atom. The highest BCUT2D eigenvalue weighted by Gasteiger charge is 2.42. The smallest absolute Gasteiger partial charge is 0.121 e. The number of aliphatic hydroxyl groups is 1. The number of rotatable bonds is 7. The predicted octanol–water partition coefficient (Wildman–Crippen LogP) is 6.00. The van der Waals surface area contributed by atoms with Crippen LogP contribution in [0.1, 0.15) is 35.6 Å². The van der Waals surface area contributed by atoms with Crippen molar-refractivity contribution in [2.75, 3.05) is 19.7 Å². The maximum Gasteiger partial charge on any atom is 0.121 e. The van der Waals surface area contributed by atoms with Crippen LogP contribution in [0.3, 0.4) is 0 Å². The summed E-state index contributed by atoms with van der Waals surface area (Å²) in [6, 6.07) is 29.1. The molecule has 1 aliphatic carbocycles. The molecule has 3 atom stereocenters. The molecule has 3 aromatic rings. The van der Waals surface area contributed by atoms with Gasteiger partial charge in [0.05, 0.1) is 6.61 Å². The van der Waals surface area contributed by atoms with Crippen LogP contribution in [0, 0.1) is 5.92 Å². The first-order valence-electron chi connectivity index (χ1n) is 12.7. The second-order valence-electron chi connectivity index (χ2n) is 9.94. The summed E-state index contributed by atoms with van der Waals surface area (Å²) in [5.41, 5.74) is 4.63. The van der Waals surface area contributed by atoms with Crippen LogP contribution in [0.25, 0.3) is 5.57 Å². The molecule has 1 heterocycles. The van der Waals surface area contributed by atoms with Gasteiger partial charge in [0.1, 0.15) is 11.7 Å². The molecule has 3 heteroatoms. The number of ether oxygens (including phenoxy) is 1. The summed E-state index contributed by atoms with van der Waals surface area (Å²) >= 11 is 0. The van der Waals surface area contributed by atoms with Crippen LogP contribution < -0.4 is 0 Å². The van der Waals surface area contributed by atoms with Crippen LogP contribution in [-0.2, 0) is 23.3 Å². The van der Waals surface area contributed by atoms with Gasteiger partial charge in [0.15, 0.2) is 0 Å². The third-order valence-corrected chi connectivity index (χ3v) is 7.26. The summed E-state index contributed by atoms with van der Waals surface area (Å²) in [4.78, 5) is 2.40. The second-order valence-corrected chi connectivity index (χ2v) is 9.94. The molecule has 5 rings (SSSR count). The molecule has 1 saturated heterocycles. The van der Waals surface area contributed by atoms with Gasteiger partial charge in [-0.1, -0.05) is 110 Å². The van der Waals surface area contributed by atoms with Gasteiger partial charge in [0.2, 0.25) is 0 Å². The van der Waals surface area contributed by atoms with Gasteiger partial charge < -0.3 is 9.84 Å². The molecule has 2 unspecified atom stereocenters. The standard InChI is InChI=1S/C32H35NO2/c1-25-11-10-15-27(21-25)30-18-9-8-14-28(30)22-32(34,29-16-6-3-7-17-29)31-24-33(19-20-35-31)23-26-12-4-2-5-13-26/h2-10,12-18,21,25,31,34H,11,19-20,22-24H2,1H3/t25?,31-,32?/m0/s1. The molecule has 35 heavy (non-hydrogen) atoms. The van der Waals surface area contributed by atoms with E-state index in [2.05, 4.69) is 84.6 Å². The molecule has 0 aromatic heterocycles. The summed E-state index contributed by atoms with van der Waals surface area (Å²) in [5, 5.41) is 12.4. The number of morpholine rings is 1. The normalized spacial score (nSPS) is 22.4. The zero-order valence-corrected chi connectivity index (χ0v) is 20.5. The van der Waals surface area contributed by atoms with Crippen LogP contribution >= 0.6 is 0 Å². The van der Waals surface area contributed by atoms with Crippen molar-refractivity contribution in [2.45, 2.75) is 38.0 Å². The molecule has 3 nitrogen and oxygen atoms in total. The van der Waals surface area contributed by atoms with Crippen molar-refractivity contribution in [3.8, 4) is 0 Å². The Kier molecular flexibility index (Phi) is 7.29. The SMILES string of the molecule is CC1C=C(c2ccccc2CC(O)(c2ccccc2)[C@@H]2CN(Cc3ccccc3)CCO2)C=CC1. The minimum atomic E-state index is -1.14. The van der Waals surface area contributed by atoms with Crippen molar-refractivity contribution in [2.24, 2.45) is 5.92 Å². The van der Waals surface area contributed by atoms with E-state index >= 15 is 0 Å². The molecule has 1 fully saturated rings. The van der Waals surface area contributed by atoms with Crippen LogP contribution in [0.4, 0.5) is 0 Å². The van der Waals surface area contributed by atoms with Crippen molar-refractivity contribution >= 4 is 5.57 Å². The third-order valence-electron chi connectivity index (χ3n) is 7.26. The molecule has 0 amide bonds. The maximum absolute atomic E-state index is 12.4. The van der Waals surface area contributed by atoms with E-state index in [0.717, 1.165) is 30.6 Å². The Bertz CT molecular complexity index is 1170. The largest absolute Gasteiger partial charge is 0.382 e. The van der Waals surface area contributed by atoms with E-state index in [1.165, 1.54) is 16.7 Å². The maximum atomic E-state index is 12.4. The molecule has 1 N–H and O–H groups in total. The number of hydrogen-bond donors (Lipinski definition) is 1. The summed E-state index contributed by atoms with van der Waals surface area (Å²) in [7, 11) is 0. The number of allylic oxidation sites excluding steroid dienone is 4. The molecule has 0 bridgehead atoms. The van der Waals surface area contributed by atoms with Crippen molar-refractivity contribution in [3.63, 3.8) is 0 Å². The van der Waals surface area contributed by atoms with Crippen LogP contribution in [0.2, 0.25) is 0 Å². The van der Waals surface area contributed by atoms with E-state index in [1.807, 2.05) is 30.3 Å². The van der Waals surface area contributed by atoms with E-state index in [1.54, 1.807) is 0 Å². The molecule has 1 aliphatic heterocycles. The lowest BCUT2D eigenvalue weighted by molar-refractivity contribution is -0.149. The molecule has 0 radical (unpaired) electrons. The average Bonchev–Trinajstić information content (AvgIpc) is 2.90. The van der Waals surface area contributed by atoms with Gasteiger partial charge in [0, 0.05) is 26.1 Å². The van der Waals surface area contributed by atoms with Gasteiger partial charge in [-0.05, 0) is 40.2 Å². The molecular weight excluding hydrogens is 430 g/mol. The minimum absolute atomic E-state index is 0.329. The van der Waals surface area contributed by atoms with Gasteiger partial charge in [0.25, 0.3) is 0 Å². The summed E-state index contributed by atoms with van der Waals surface area (Å²) in [6.07, 6.45) is 8.07. The summed E-state index contributed by atoms with van der Waals surface area (Å²) in [6.45, 7) is 5.27. The molecule has 0 spiro atoms. The third kappa shape index (κ3) is 5.48. The fourth-order valence-electron chi connectivity index (χ4n) is 5.37. The van der Waals surface area contributed by atoms with Crippen molar-refractivity contribution in [1.82, 2.24) is 4.90 Å². The van der Waals surface area contributed by atoms with Crippen molar-refractivity contribution < 1.29 is 9.84 Å². The lowest BCUT2D eigenvalue weighted by Crippen LogP contribution is -2.53. The first-order chi connectivity index (χ1) is 17.1. The molecule has 2 aliphatic rings. The van der Waals surface area contributed by atoms with Gasteiger partial charge in [-0.2, -0.15) is 0 Å². The Balaban J connectivity index is 1.47. The highest BCUT2D eigenvalue weighted by molar-refractivity contribution is 5.77. The van der Waals surface area contributed by atoms with Gasteiger partial charge in [-0.25, -0.2) is 0 Å². The fraction of sp³-hybridized carbons (Fsp3) is 0.312. The second kappa shape index (κ2) is 10.7. The van der Waals surface area contributed by atoms with Crippen LogP contribution in [0.5, 0.6) is 0 Å². The molecule has 180 valence electrons. The molecule has 0 saturated carbocycles. The first kappa shape index (κ1) is 23.7. The number of nitrogens with zero attached hydrogens (tertiary/aromatic N) is 1. The first-order valence-corrected chi connectivity index (χ1v) is 12.7. The Morgan fingerprint density at radius 3 is 2.43 bits per heavy atom. The zero-order valence-electron chi connectivity index (χ0n) is 20.5. The van der Waals surface area contributed by atoms with E-state index in [9.17, 15) is 5.11 Å². The van der Waals surface area contributed by atoms with Gasteiger partial charge >= 0.3 is 0 Å². The Hall–Kier alpha value is -2.98. The number of hydrogen-bond acceptors (Lipinski definition) is 3. The lowest BCUT2D eigenvalue weighted by atomic mass is 9.79. The van der Waals surface area contributed by atoms with Crippen LogP contribution in [-0.4, -0.2) is 35.8 Å².